The summed E-state index contributed by atoms with van der Waals surface area (Å²) in [5.74, 6) is 0.641. The average Bonchev–Trinajstić information content (AvgIpc) is 2.43. The number of sulfonamides is 1. The molecule has 0 amide bonds. The Balaban J connectivity index is 2.24. The first-order valence-electron chi connectivity index (χ1n) is 7.74. The maximum absolute atomic E-state index is 12.2. The zero-order valence-electron chi connectivity index (χ0n) is 13.5. The van der Waals surface area contributed by atoms with Gasteiger partial charge in [-0.05, 0) is 39.2 Å². The number of hydrogen-bond donors (Lipinski definition) is 1. The second kappa shape index (κ2) is 9.74. The summed E-state index contributed by atoms with van der Waals surface area (Å²) in [7, 11) is -1.48. The van der Waals surface area contributed by atoms with E-state index in [2.05, 4.69) is 5.32 Å². The van der Waals surface area contributed by atoms with Crippen LogP contribution in [0.15, 0.2) is 0 Å². The SMILES string of the molecule is COCCNCC1CCN(S(=O)(=O)CCOC(C)C)CC1. The summed E-state index contributed by atoms with van der Waals surface area (Å²) in [6, 6.07) is 0. The van der Waals surface area contributed by atoms with Gasteiger partial charge in [0.25, 0.3) is 0 Å². The van der Waals surface area contributed by atoms with Gasteiger partial charge < -0.3 is 14.8 Å². The molecule has 0 aromatic rings. The minimum absolute atomic E-state index is 0.0733. The second-order valence-corrected chi connectivity index (χ2v) is 7.86. The summed E-state index contributed by atoms with van der Waals surface area (Å²) in [5, 5.41) is 3.34. The summed E-state index contributed by atoms with van der Waals surface area (Å²) < 4.78 is 36.3. The van der Waals surface area contributed by atoms with Crippen molar-refractivity contribution in [3.63, 3.8) is 0 Å². The van der Waals surface area contributed by atoms with E-state index in [1.807, 2.05) is 13.8 Å². The van der Waals surface area contributed by atoms with Gasteiger partial charge in [-0.25, -0.2) is 12.7 Å². The van der Waals surface area contributed by atoms with E-state index in [-0.39, 0.29) is 18.5 Å². The highest BCUT2D eigenvalue weighted by Gasteiger charge is 2.27. The summed E-state index contributed by atoms with van der Waals surface area (Å²) in [6.45, 7) is 7.85. The highest BCUT2D eigenvalue weighted by atomic mass is 32.2. The Hall–Kier alpha value is -0.210. The maximum atomic E-state index is 12.2. The van der Waals surface area contributed by atoms with Gasteiger partial charge in [0, 0.05) is 26.7 Å². The Kier molecular flexibility index (Phi) is 8.73. The van der Waals surface area contributed by atoms with E-state index in [4.69, 9.17) is 9.47 Å². The van der Waals surface area contributed by atoms with Crippen LogP contribution in [0.2, 0.25) is 0 Å². The van der Waals surface area contributed by atoms with Gasteiger partial charge in [-0.3, -0.25) is 0 Å². The Bertz CT molecular complexity index is 365. The molecule has 0 aliphatic carbocycles. The van der Waals surface area contributed by atoms with Crippen molar-refractivity contribution in [2.24, 2.45) is 5.92 Å². The molecule has 0 aromatic heterocycles. The molecule has 1 N–H and O–H groups in total. The van der Waals surface area contributed by atoms with Crippen molar-refractivity contribution in [1.29, 1.82) is 0 Å². The zero-order valence-corrected chi connectivity index (χ0v) is 14.3. The lowest BCUT2D eigenvalue weighted by Crippen LogP contribution is -2.42. The zero-order chi connectivity index (χ0) is 15.7. The molecule has 1 fully saturated rings. The van der Waals surface area contributed by atoms with E-state index in [0.717, 1.165) is 25.9 Å². The molecule has 0 radical (unpaired) electrons. The molecule has 0 aromatic carbocycles. The summed E-state index contributed by atoms with van der Waals surface area (Å²) in [4.78, 5) is 0. The molecular formula is C14H30N2O4S. The first kappa shape index (κ1) is 18.8. The van der Waals surface area contributed by atoms with Crippen LogP contribution in [0.4, 0.5) is 0 Å². The summed E-state index contributed by atoms with van der Waals surface area (Å²) in [6.07, 6.45) is 1.92. The molecule has 1 saturated heterocycles. The van der Waals surface area contributed by atoms with Crippen molar-refractivity contribution in [2.75, 3.05) is 52.3 Å². The number of nitrogens with zero attached hydrogens (tertiary/aromatic N) is 1. The number of hydrogen-bond acceptors (Lipinski definition) is 5. The van der Waals surface area contributed by atoms with E-state index in [1.54, 1.807) is 11.4 Å². The number of nitrogens with one attached hydrogen (secondary N) is 1. The standard InChI is InChI=1S/C14H30N2O4S/c1-13(2)20-10-11-21(17,18)16-7-4-14(5-8-16)12-15-6-9-19-3/h13-15H,4-12H2,1-3H3. The van der Waals surface area contributed by atoms with Crippen molar-refractivity contribution in [2.45, 2.75) is 32.8 Å². The van der Waals surface area contributed by atoms with Crippen LogP contribution >= 0.6 is 0 Å². The van der Waals surface area contributed by atoms with Crippen LogP contribution in [0.3, 0.4) is 0 Å². The number of rotatable bonds is 10. The summed E-state index contributed by atoms with van der Waals surface area (Å²) in [5.41, 5.74) is 0. The highest BCUT2D eigenvalue weighted by Crippen LogP contribution is 2.19. The van der Waals surface area contributed by atoms with Gasteiger partial charge in [-0.1, -0.05) is 0 Å². The lowest BCUT2D eigenvalue weighted by atomic mass is 9.98. The number of piperidine rings is 1. The Morgan fingerprint density at radius 3 is 2.48 bits per heavy atom. The third-order valence-corrected chi connectivity index (χ3v) is 5.51. The van der Waals surface area contributed by atoms with Gasteiger partial charge in [-0.2, -0.15) is 0 Å². The van der Waals surface area contributed by atoms with E-state index in [1.165, 1.54) is 0 Å². The molecule has 0 bridgehead atoms. The fourth-order valence-electron chi connectivity index (χ4n) is 2.39. The van der Waals surface area contributed by atoms with Gasteiger partial charge >= 0.3 is 0 Å². The fraction of sp³-hybridized carbons (Fsp3) is 1.00. The van der Waals surface area contributed by atoms with Crippen LogP contribution < -0.4 is 5.32 Å². The van der Waals surface area contributed by atoms with Crippen molar-refractivity contribution in [1.82, 2.24) is 9.62 Å². The molecule has 0 atom stereocenters. The number of ether oxygens (including phenoxy) is 2. The second-order valence-electron chi connectivity index (χ2n) is 5.77. The normalized spacial score (nSPS) is 18.5. The van der Waals surface area contributed by atoms with Crippen LogP contribution in [0.5, 0.6) is 0 Å². The molecule has 1 aliphatic rings. The topological polar surface area (TPSA) is 67.9 Å². The molecular weight excluding hydrogens is 292 g/mol. The Labute approximate surface area is 129 Å². The third-order valence-electron chi connectivity index (χ3n) is 3.68. The van der Waals surface area contributed by atoms with Gasteiger partial charge in [-0.15, -0.1) is 0 Å². The van der Waals surface area contributed by atoms with Crippen LogP contribution in [-0.4, -0.2) is 71.1 Å². The summed E-state index contributed by atoms with van der Waals surface area (Å²) >= 11 is 0. The van der Waals surface area contributed by atoms with Crippen molar-refractivity contribution >= 4 is 10.0 Å². The van der Waals surface area contributed by atoms with E-state index >= 15 is 0 Å². The molecule has 1 aliphatic heterocycles. The quantitative estimate of drug-likeness (QED) is 0.599. The largest absolute Gasteiger partial charge is 0.383 e. The monoisotopic (exact) mass is 322 g/mol. The van der Waals surface area contributed by atoms with Crippen molar-refractivity contribution in [3.8, 4) is 0 Å². The van der Waals surface area contributed by atoms with Gasteiger partial charge in [0.1, 0.15) is 0 Å². The first-order chi connectivity index (χ1) is 9.95. The minimum Gasteiger partial charge on any atom is -0.383 e. The van der Waals surface area contributed by atoms with Crippen molar-refractivity contribution in [3.05, 3.63) is 0 Å². The van der Waals surface area contributed by atoms with Gasteiger partial charge in [0.15, 0.2) is 0 Å². The van der Waals surface area contributed by atoms with Gasteiger partial charge in [0.2, 0.25) is 10.0 Å². The molecule has 0 spiro atoms. The lowest BCUT2D eigenvalue weighted by molar-refractivity contribution is 0.0905. The average molecular weight is 322 g/mol. The maximum Gasteiger partial charge on any atom is 0.216 e. The lowest BCUT2D eigenvalue weighted by Gasteiger charge is -2.31. The van der Waals surface area contributed by atoms with Crippen molar-refractivity contribution < 1.29 is 17.9 Å². The van der Waals surface area contributed by atoms with E-state index in [0.29, 0.717) is 25.6 Å². The fourth-order valence-corrected chi connectivity index (χ4v) is 3.72. The van der Waals surface area contributed by atoms with Crippen LogP contribution in [0, 0.1) is 5.92 Å². The smallest absolute Gasteiger partial charge is 0.216 e. The molecule has 1 heterocycles. The molecule has 21 heavy (non-hydrogen) atoms. The van der Waals surface area contributed by atoms with Crippen LogP contribution in [0.1, 0.15) is 26.7 Å². The molecule has 126 valence electrons. The first-order valence-corrected chi connectivity index (χ1v) is 9.35. The molecule has 6 nitrogen and oxygen atoms in total. The third kappa shape index (κ3) is 7.56. The molecule has 7 heteroatoms. The predicted octanol–water partition coefficient (Wildman–Crippen LogP) is 0.689. The molecule has 1 rings (SSSR count). The van der Waals surface area contributed by atoms with Crippen LogP contribution in [-0.2, 0) is 19.5 Å². The predicted molar refractivity (Wildman–Crippen MR) is 83.9 cm³/mol. The molecule has 0 unspecified atom stereocenters. The minimum atomic E-state index is -3.16. The Morgan fingerprint density at radius 1 is 1.24 bits per heavy atom. The Morgan fingerprint density at radius 2 is 1.90 bits per heavy atom. The number of methoxy groups -OCH3 is 1. The highest BCUT2D eigenvalue weighted by molar-refractivity contribution is 7.89. The van der Waals surface area contributed by atoms with Crippen LogP contribution in [0.25, 0.3) is 0 Å². The van der Waals surface area contributed by atoms with E-state index in [9.17, 15) is 8.42 Å². The van der Waals surface area contributed by atoms with E-state index < -0.39 is 10.0 Å². The molecule has 0 saturated carbocycles. The van der Waals surface area contributed by atoms with Gasteiger partial charge in [0.05, 0.1) is 25.1 Å².